The van der Waals surface area contributed by atoms with E-state index in [0.717, 1.165) is 6.39 Å². The van der Waals surface area contributed by atoms with Crippen molar-refractivity contribution in [1.82, 2.24) is 4.98 Å². The van der Waals surface area contributed by atoms with Crippen LogP contribution in [-0.2, 0) is 0 Å². The highest BCUT2D eigenvalue weighted by Crippen LogP contribution is 2.23. The lowest BCUT2D eigenvalue weighted by Crippen LogP contribution is -1.88. The monoisotopic (exact) mass is 181 g/mol. The van der Waals surface area contributed by atoms with Gasteiger partial charge in [0.15, 0.2) is 6.39 Å². The Hall–Kier alpha value is -1.71. The molecule has 1 heterocycles. The third-order valence-corrected chi connectivity index (χ3v) is 1.65. The van der Waals surface area contributed by atoms with Gasteiger partial charge in [0.05, 0.1) is 5.56 Å². The number of oxazole rings is 1. The number of hydrogen-bond acceptors (Lipinski definition) is 2. The van der Waals surface area contributed by atoms with Crippen LogP contribution in [-0.4, -0.2) is 4.98 Å². The minimum atomic E-state index is -0.645. The molecular weight excluding hydrogens is 176 g/mol. The number of nitrogens with zero attached hydrogens (tertiary/aromatic N) is 1. The second kappa shape index (κ2) is 2.97. The molecule has 0 aliphatic rings. The summed E-state index contributed by atoms with van der Waals surface area (Å²) in [6.07, 6.45) is 2.32. The van der Waals surface area contributed by atoms with Crippen molar-refractivity contribution in [2.24, 2.45) is 0 Å². The highest BCUT2D eigenvalue weighted by molar-refractivity contribution is 5.59. The lowest BCUT2D eigenvalue weighted by Gasteiger charge is -1.98. The largest absolute Gasteiger partial charge is 0.451 e. The minimum Gasteiger partial charge on any atom is -0.451 e. The van der Waals surface area contributed by atoms with Gasteiger partial charge < -0.3 is 4.42 Å². The molecule has 13 heavy (non-hydrogen) atoms. The smallest absolute Gasteiger partial charge is 0.181 e. The van der Waals surface area contributed by atoms with E-state index in [2.05, 4.69) is 9.40 Å². The van der Waals surface area contributed by atoms with Crippen molar-refractivity contribution >= 4 is 0 Å². The van der Waals surface area contributed by atoms with Gasteiger partial charge in [-0.3, -0.25) is 0 Å². The zero-order valence-corrected chi connectivity index (χ0v) is 6.50. The van der Waals surface area contributed by atoms with E-state index in [4.69, 9.17) is 0 Å². The van der Waals surface area contributed by atoms with E-state index in [9.17, 15) is 8.78 Å². The molecular formula is C9H5F2NO. The molecule has 0 amide bonds. The summed E-state index contributed by atoms with van der Waals surface area (Å²) in [7, 11) is 0. The van der Waals surface area contributed by atoms with Crippen molar-refractivity contribution in [3.63, 3.8) is 0 Å². The van der Waals surface area contributed by atoms with Gasteiger partial charge in [-0.2, -0.15) is 0 Å². The predicted molar refractivity (Wildman–Crippen MR) is 41.9 cm³/mol. The molecule has 1 aromatic heterocycles. The first-order valence-electron chi connectivity index (χ1n) is 3.61. The molecule has 0 bridgehead atoms. The van der Waals surface area contributed by atoms with Crippen LogP contribution >= 0.6 is 0 Å². The van der Waals surface area contributed by atoms with Crippen LogP contribution in [0.4, 0.5) is 8.78 Å². The molecule has 0 saturated heterocycles. The topological polar surface area (TPSA) is 26.0 Å². The quantitative estimate of drug-likeness (QED) is 0.675. The molecule has 0 saturated carbocycles. The fraction of sp³-hybridized carbons (Fsp3) is 0. The summed E-state index contributed by atoms with van der Waals surface area (Å²) in [5.74, 6) is -1.29. The van der Waals surface area contributed by atoms with Gasteiger partial charge >= 0.3 is 0 Å². The summed E-state index contributed by atoms with van der Waals surface area (Å²) in [5, 5.41) is 0. The van der Waals surface area contributed by atoms with Crippen LogP contribution in [0.5, 0.6) is 0 Å². The summed E-state index contributed by atoms with van der Waals surface area (Å²) < 4.78 is 30.8. The summed E-state index contributed by atoms with van der Waals surface area (Å²) >= 11 is 0. The molecule has 0 atom stereocenters. The Morgan fingerprint density at radius 2 is 1.85 bits per heavy atom. The van der Waals surface area contributed by atoms with Gasteiger partial charge in [-0.15, -0.1) is 0 Å². The van der Waals surface area contributed by atoms with E-state index in [1.807, 2.05) is 0 Å². The molecule has 0 fully saturated rings. The van der Waals surface area contributed by atoms with Crippen LogP contribution in [0, 0.1) is 11.6 Å². The fourth-order valence-electron chi connectivity index (χ4n) is 1.08. The molecule has 2 rings (SSSR count). The highest BCUT2D eigenvalue weighted by Gasteiger charge is 2.12. The van der Waals surface area contributed by atoms with Crippen molar-refractivity contribution in [3.05, 3.63) is 42.5 Å². The molecule has 0 radical (unpaired) electrons. The molecule has 0 aliphatic heterocycles. The maximum absolute atomic E-state index is 13.1. The van der Waals surface area contributed by atoms with Gasteiger partial charge in [0.1, 0.15) is 23.6 Å². The van der Waals surface area contributed by atoms with Crippen LogP contribution < -0.4 is 0 Å². The van der Waals surface area contributed by atoms with Gasteiger partial charge in [0.25, 0.3) is 0 Å². The SMILES string of the molecule is Fc1cccc(F)c1-c1cocn1. The Morgan fingerprint density at radius 3 is 2.38 bits per heavy atom. The summed E-state index contributed by atoms with van der Waals surface area (Å²) in [6.45, 7) is 0. The standard InChI is InChI=1S/C9H5F2NO/c10-6-2-1-3-7(11)9(6)8-4-13-5-12-8/h1-5H. The fourth-order valence-corrected chi connectivity index (χ4v) is 1.08. The summed E-state index contributed by atoms with van der Waals surface area (Å²) in [6, 6.07) is 3.65. The van der Waals surface area contributed by atoms with Gasteiger partial charge in [-0.1, -0.05) is 6.07 Å². The zero-order chi connectivity index (χ0) is 9.26. The second-order valence-corrected chi connectivity index (χ2v) is 2.47. The number of halogens is 2. The predicted octanol–water partition coefficient (Wildman–Crippen LogP) is 2.62. The Labute approximate surface area is 72.8 Å². The molecule has 0 N–H and O–H groups in total. The van der Waals surface area contributed by atoms with Gasteiger partial charge in [0, 0.05) is 0 Å². The summed E-state index contributed by atoms with van der Waals surface area (Å²) in [4.78, 5) is 3.66. The lowest BCUT2D eigenvalue weighted by molar-refractivity contribution is 0.557. The molecule has 4 heteroatoms. The van der Waals surface area contributed by atoms with Crippen molar-refractivity contribution < 1.29 is 13.2 Å². The average molecular weight is 181 g/mol. The first-order valence-corrected chi connectivity index (χ1v) is 3.61. The minimum absolute atomic E-state index is 0.156. The molecule has 0 unspecified atom stereocenters. The Balaban J connectivity index is 2.64. The number of hydrogen-bond donors (Lipinski definition) is 0. The van der Waals surface area contributed by atoms with Crippen molar-refractivity contribution in [3.8, 4) is 11.3 Å². The first kappa shape index (κ1) is 7.91. The molecule has 2 aromatic rings. The molecule has 1 aromatic carbocycles. The normalized spacial score (nSPS) is 10.3. The maximum atomic E-state index is 13.1. The lowest BCUT2D eigenvalue weighted by atomic mass is 10.1. The van der Waals surface area contributed by atoms with Gasteiger partial charge in [0.2, 0.25) is 0 Å². The van der Waals surface area contributed by atoms with E-state index in [1.165, 1.54) is 24.5 Å². The molecule has 66 valence electrons. The first-order chi connectivity index (χ1) is 6.29. The van der Waals surface area contributed by atoms with E-state index in [0.29, 0.717) is 0 Å². The van der Waals surface area contributed by atoms with Gasteiger partial charge in [-0.05, 0) is 12.1 Å². The van der Waals surface area contributed by atoms with Crippen LogP contribution in [0.1, 0.15) is 0 Å². The van der Waals surface area contributed by atoms with Crippen molar-refractivity contribution in [2.45, 2.75) is 0 Å². The van der Waals surface area contributed by atoms with Crippen LogP contribution in [0.15, 0.2) is 35.3 Å². The Bertz CT molecular complexity index is 391. The number of benzene rings is 1. The zero-order valence-electron chi connectivity index (χ0n) is 6.50. The van der Waals surface area contributed by atoms with Gasteiger partial charge in [-0.25, -0.2) is 13.8 Å². The molecule has 2 nitrogen and oxygen atoms in total. The van der Waals surface area contributed by atoms with Crippen molar-refractivity contribution in [2.75, 3.05) is 0 Å². The molecule has 0 aliphatic carbocycles. The van der Waals surface area contributed by atoms with E-state index in [1.54, 1.807) is 0 Å². The van der Waals surface area contributed by atoms with E-state index < -0.39 is 11.6 Å². The second-order valence-electron chi connectivity index (χ2n) is 2.47. The summed E-state index contributed by atoms with van der Waals surface area (Å²) in [5.41, 5.74) is 0.00634. The van der Waals surface area contributed by atoms with Crippen molar-refractivity contribution in [1.29, 1.82) is 0 Å². The highest BCUT2D eigenvalue weighted by atomic mass is 19.1. The molecule has 0 spiro atoms. The Kier molecular flexibility index (Phi) is 1.81. The van der Waals surface area contributed by atoms with Crippen LogP contribution in [0.3, 0.4) is 0 Å². The van der Waals surface area contributed by atoms with E-state index >= 15 is 0 Å². The maximum Gasteiger partial charge on any atom is 0.181 e. The Morgan fingerprint density at radius 1 is 1.15 bits per heavy atom. The average Bonchev–Trinajstić information content (AvgIpc) is 2.57. The van der Waals surface area contributed by atoms with Crippen LogP contribution in [0.2, 0.25) is 0 Å². The number of rotatable bonds is 1. The van der Waals surface area contributed by atoms with Crippen LogP contribution in [0.25, 0.3) is 11.3 Å². The number of aromatic nitrogens is 1. The third-order valence-electron chi connectivity index (χ3n) is 1.65. The third kappa shape index (κ3) is 1.30. The van der Waals surface area contributed by atoms with E-state index in [-0.39, 0.29) is 11.3 Å².